The molecule has 2 aromatic carbocycles. The van der Waals surface area contributed by atoms with Gasteiger partial charge in [-0.1, -0.05) is 47.2 Å². The van der Waals surface area contributed by atoms with Crippen LogP contribution in [-0.4, -0.2) is 30.9 Å². The maximum atomic E-state index is 13.7. The third-order valence-electron chi connectivity index (χ3n) is 5.51. The second kappa shape index (κ2) is 10.5. The van der Waals surface area contributed by atoms with E-state index >= 15 is 0 Å². The Kier molecular flexibility index (Phi) is 7.42. The summed E-state index contributed by atoms with van der Waals surface area (Å²) < 4.78 is 18.6. The molecular formula is C26H25ClN2O5S. The van der Waals surface area contributed by atoms with Crippen LogP contribution in [-0.2, 0) is 9.53 Å². The lowest BCUT2D eigenvalue weighted by Gasteiger charge is -2.24. The Labute approximate surface area is 211 Å². The van der Waals surface area contributed by atoms with Gasteiger partial charge in [0.15, 0.2) is 16.3 Å². The van der Waals surface area contributed by atoms with Gasteiger partial charge in [0, 0.05) is 10.6 Å². The number of benzene rings is 2. The molecule has 0 amide bonds. The summed E-state index contributed by atoms with van der Waals surface area (Å²) in [7, 11) is 1.57. The molecule has 0 spiro atoms. The lowest BCUT2D eigenvalue weighted by Crippen LogP contribution is -2.39. The van der Waals surface area contributed by atoms with E-state index in [0.717, 1.165) is 5.56 Å². The average Bonchev–Trinajstić information content (AvgIpc) is 3.14. The van der Waals surface area contributed by atoms with E-state index in [9.17, 15) is 9.59 Å². The fraction of sp³-hybridized carbons (Fsp3) is 0.269. The van der Waals surface area contributed by atoms with Crippen molar-refractivity contribution in [2.45, 2.75) is 26.8 Å². The summed E-state index contributed by atoms with van der Waals surface area (Å²) in [5.74, 6) is 0.628. The number of rotatable bonds is 7. The van der Waals surface area contributed by atoms with Crippen molar-refractivity contribution < 1.29 is 19.0 Å². The molecule has 3 aromatic rings. The Balaban J connectivity index is 1.96. The zero-order valence-electron chi connectivity index (χ0n) is 19.8. The van der Waals surface area contributed by atoms with Gasteiger partial charge in [0.05, 0.1) is 42.2 Å². The second-order valence-electron chi connectivity index (χ2n) is 7.67. The zero-order chi connectivity index (χ0) is 25.1. The molecule has 2 heterocycles. The molecule has 0 N–H and O–H groups in total. The monoisotopic (exact) mass is 512 g/mol. The van der Waals surface area contributed by atoms with Crippen LogP contribution in [0.1, 0.15) is 37.9 Å². The molecule has 0 bridgehead atoms. The number of thiazole rings is 1. The van der Waals surface area contributed by atoms with Crippen molar-refractivity contribution in [2.75, 3.05) is 20.3 Å². The Morgan fingerprint density at radius 3 is 2.57 bits per heavy atom. The van der Waals surface area contributed by atoms with E-state index in [2.05, 4.69) is 4.99 Å². The standard InChI is InChI=1S/C26H25ClN2O5S/c1-5-33-23-17(8-7-9-19(23)32-4)14-20-24(30)29-22(16-10-12-18(27)13-11-16)21(25(31)34-6-2)15(3)28-26(29)35-20/h7-14,22H,5-6H2,1-4H3/b20-14-/t22-/m0/s1. The zero-order valence-corrected chi connectivity index (χ0v) is 21.4. The maximum absolute atomic E-state index is 13.7. The molecule has 0 radical (unpaired) electrons. The minimum Gasteiger partial charge on any atom is -0.493 e. The Morgan fingerprint density at radius 2 is 1.91 bits per heavy atom. The average molecular weight is 513 g/mol. The number of nitrogens with zero attached hydrogens (tertiary/aromatic N) is 2. The molecule has 0 saturated heterocycles. The number of fused-ring (bicyclic) bond motifs is 1. The lowest BCUT2D eigenvalue weighted by molar-refractivity contribution is -0.139. The molecule has 1 aliphatic heterocycles. The number of hydrogen-bond donors (Lipinski definition) is 0. The van der Waals surface area contributed by atoms with Crippen LogP contribution in [0.4, 0.5) is 0 Å². The van der Waals surface area contributed by atoms with Gasteiger partial charge in [-0.2, -0.15) is 0 Å². The molecule has 0 aliphatic carbocycles. The van der Waals surface area contributed by atoms with Gasteiger partial charge in [0.1, 0.15) is 0 Å². The first kappa shape index (κ1) is 24.8. The highest BCUT2D eigenvalue weighted by molar-refractivity contribution is 7.07. The molecule has 0 saturated carbocycles. The molecule has 7 nitrogen and oxygen atoms in total. The highest BCUT2D eigenvalue weighted by Gasteiger charge is 2.33. The fourth-order valence-corrected chi connectivity index (χ4v) is 5.16. The molecule has 1 aromatic heterocycles. The third-order valence-corrected chi connectivity index (χ3v) is 6.74. The number of ether oxygens (including phenoxy) is 3. The maximum Gasteiger partial charge on any atom is 0.338 e. The third kappa shape index (κ3) is 4.76. The number of esters is 1. The van der Waals surface area contributed by atoms with E-state index in [1.807, 2.05) is 19.1 Å². The van der Waals surface area contributed by atoms with Gasteiger partial charge in [0.25, 0.3) is 5.56 Å². The summed E-state index contributed by atoms with van der Waals surface area (Å²) in [4.78, 5) is 31.8. The number of carbonyl (C=O) groups is 1. The summed E-state index contributed by atoms with van der Waals surface area (Å²) in [5, 5.41) is 0.557. The minimum absolute atomic E-state index is 0.212. The van der Waals surface area contributed by atoms with Crippen LogP contribution in [0.15, 0.2) is 63.5 Å². The first-order chi connectivity index (χ1) is 16.9. The molecule has 1 aliphatic rings. The largest absolute Gasteiger partial charge is 0.493 e. The van der Waals surface area contributed by atoms with Crippen LogP contribution >= 0.6 is 22.9 Å². The van der Waals surface area contributed by atoms with E-state index < -0.39 is 12.0 Å². The summed E-state index contributed by atoms with van der Waals surface area (Å²) in [6.45, 7) is 6.03. The molecule has 0 unspecified atom stereocenters. The van der Waals surface area contributed by atoms with Crippen LogP contribution in [0, 0.1) is 0 Å². The normalized spacial score (nSPS) is 15.5. The molecule has 4 rings (SSSR count). The molecular weight excluding hydrogens is 488 g/mol. The van der Waals surface area contributed by atoms with Crippen molar-refractivity contribution in [2.24, 2.45) is 4.99 Å². The molecule has 9 heteroatoms. The number of allylic oxidation sites excluding steroid dienone is 1. The van der Waals surface area contributed by atoms with Crippen LogP contribution in [0.25, 0.3) is 6.08 Å². The van der Waals surface area contributed by atoms with E-state index in [-0.39, 0.29) is 12.2 Å². The summed E-state index contributed by atoms with van der Waals surface area (Å²) >= 11 is 7.35. The summed E-state index contributed by atoms with van der Waals surface area (Å²) in [6.07, 6.45) is 1.76. The number of halogens is 1. The van der Waals surface area contributed by atoms with Gasteiger partial charge in [-0.3, -0.25) is 9.36 Å². The molecule has 0 fully saturated rings. The highest BCUT2D eigenvalue weighted by Crippen LogP contribution is 2.33. The van der Waals surface area contributed by atoms with Gasteiger partial charge >= 0.3 is 5.97 Å². The number of hydrogen-bond acceptors (Lipinski definition) is 7. The minimum atomic E-state index is -0.693. The topological polar surface area (TPSA) is 79.1 Å². The van der Waals surface area contributed by atoms with Crippen molar-refractivity contribution in [1.29, 1.82) is 0 Å². The van der Waals surface area contributed by atoms with Crippen molar-refractivity contribution in [3.63, 3.8) is 0 Å². The smallest absolute Gasteiger partial charge is 0.338 e. The van der Waals surface area contributed by atoms with Gasteiger partial charge in [0.2, 0.25) is 0 Å². The Hall–Kier alpha value is -3.36. The van der Waals surface area contributed by atoms with Crippen molar-refractivity contribution >= 4 is 35.0 Å². The van der Waals surface area contributed by atoms with Gasteiger partial charge < -0.3 is 14.2 Å². The molecule has 35 heavy (non-hydrogen) atoms. The van der Waals surface area contributed by atoms with Crippen LogP contribution in [0.3, 0.4) is 0 Å². The van der Waals surface area contributed by atoms with Crippen molar-refractivity contribution in [1.82, 2.24) is 4.57 Å². The molecule has 1 atom stereocenters. The van der Waals surface area contributed by atoms with E-state index in [1.54, 1.807) is 61.9 Å². The van der Waals surface area contributed by atoms with Gasteiger partial charge in [-0.05, 0) is 50.6 Å². The number of para-hydroxylation sites is 1. The summed E-state index contributed by atoms with van der Waals surface area (Å²) in [5.41, 5.74) is 2.00. The van der Waals surface area contributed by atoms with Gasteiger partial charge in [-0.15, -0.1) is 0 Å². The second-order valence-corrected chi connectivity index (χ2v) is 9.11. The first-order valence-electron chi connectivity index (χ1n) is 11.1. The number of methoxy groups -OCH3 is 1. The Morgan fingerprint density at radius 1 is 1.17 bits per heavy atom. The Bertz CT molecular complexity index is 1470. The van der Waals surface area contributed by atoms with Crippen LogP contribution in [0.2, 0.25) is 5.02 Å². The van der Waals surface area contributed by atoms with Crippen LogP contribution in [0.5, 0.6) is 11.5 Å². The predicted octanol–water partition coefficient (Wildman–Crippen LogP) is 3.86. The SMILES string of the molecule is CCOC(=O)C1=C(C)N=c2s/c(=C\c3cccc(OC)c3OCC)c(=O)n2[C@H]1c1ccc(Cl)cc1. The number of carbonyl (C=O) groups excluding carboxylic acids is 1. The lowest BCUT2D eigenvalue weighted by atomic mass is 9.96. The summed E-state index contributed by atoms with van der Waals surface area (Å²) in [6, 6.07) is 11.9. The van der Waals surface area contributed by atoms with E-state index in [0.29, 0.717) is 49.3 Å². The predicted molar refractivity (Wildman–Crippen MR) is 136 cm³/mol. The molecule has 182 valence electrons. The first-order valence-corrected chi connectivity index (χ1v) is 12.3. The van der Waals surface area contributed by atoms with Gasteiger partial charge in [-0.25, -0.2) is 9.79 Å². The highest BCUT2D eigenvalue weighted by atomic mass is 35.5. The van der Waals surface area contributed by atoms with Crippen molar-refractivity contribution in [3.05, 3.63) is 89.6 Å². The fourth-order valence-electron chi connectivity index (χ4n) is 4.00. The quantitative estimate of drug-likeness (QED) is 0.449. The van der Waals surface area contributed by atoms with Crippen molar-refractivity contribution in [3.8, 4) is 11.5 Å². The van der Waals surface area contributed by atoms with E-state index in [4.69, 9.17) is 25.8 Å². The van der Waals surface area contributed by atoms with Crippen LogP contribution < -0.4 is 24.4 Å². The van der Waals surface area contributed by atoms with E-state index in [1.165, 1.54) is 11.3 Å². The number of aromatic nitrogens is 1.